The number of aryl methyl sites for hydroxylation is 4. The van der Waals surface area contributed by atoms with Crippen molar-refractivity contribution in [2.75, 3.05) is 0 Å². The molecule has 0 fully saturated rings. The summed E-state index contributed by atoms with van der Waals surface area (Å²) < 4.78 is 5.39. The second-order valence-electron chi connectivity index (χ2n) is 5.62. The molecule has 4 aromatic heterocycles. The minimum Gasteiger partial charge on any atom is -0.331 e. The van der Waals surface area contributed by atoms with Gasteiger partial charge >= 0.3 is 0 Å². The summed E-state index contributed by atoms with van der Waals surface area (Å²) in [6.45, 7) is 5.85. The van der Waals surface area contributed by atoms with E-state index in [1.807, 2.05) is 44.5 Å². The third-order valence-corrected chi connectivity index (χ3v) is 3.92. The summed E-state index contributed by atoms with van der Waals surface area (Å²) in [6.07, 6.45) is 2.51. The van der Waals surface area contributed by atoms with E-state index in [9.17, 15) is 0 Å². The van der Waals surface area contributed by atoms with Crippen LogP contribution in [0.25, 0.3) is 23.0 Å². The first kappa shape index (κ1) is 14.5. The molecular weight excluding hydrogens is 306 g/mol. The van der Waals surface area contributed by atoms with Gasteiger partial charge in [-0.05, 0) is 26.0 Å². The molecule has 9 nitrogen and oxygen atoms in total. The maximum Gasteiger partial charge on any atom is 0.183 e. The van der Waals surface area contributed by atoms with Crippen LogP contribution in [0.15, 0.2) is 18.5 Å². The van der Waals surface area contributed by atoms with Crippen LogP contribution >= 0.6 is 0 Å². The average Bonchev–Trinajstić information content (AvgIpc) is 3.25. The molecule has 9 heteroatoms. The lowest BCUT2D eigenvalue weighted by molar-refractivity contribution is 0.763. The molecule has 0 saturated carbocycles. The van der Waals surface area contributed by atoms with Gasteiger partial charge in [-0.25, -0.2) is 9.97 Å². The van der Waals surface area contributed by atoms with Crippen LogP contribution in [0.3, 0.4) is 0 Å². The van der Waals surface area contributed by atoms with Crippen molar-refractivity contribution in [3.8, 4) is 17.3 Å². The SMILES string of the molecule is CCc1nc(-c2c(C)ncn2C)n(-c2ccc3nnc(C)n3n2)n1. The Morgan fingerprint density at radius 2 is 1.92 bits per heavy atom. The summed E-state index contributed by atoms with van der Waals surface area (Å²) in [7, 11) is 1.94. The van der Waals surface area contributed by atoms with E-state index >= 15 is 0 Å². The summed E-state index contributed by atoms with van der Waals surface area (Å²) in [5, 5.41) is 17.3. The van der Waals surface area contributed by atoms with Crippen molar-refractivity contribution in [3.05, 3.63) is 35.8 Å². The number of hydrogen-bond acceptors (Lipinski definition) is 6. The molecule has 0 atom stereocenters. The molecule has 0 bridgehead atoms. The van der Waals surface area contributed by atoms with E-state index in [1.165, 1.54) is 0 Å². The Labute approximate surface area is 138 Å². The Balaban J connectivity index is 1.96. The molecule has 24 heavy (non-hydrogen) atoms. The zero-order valence-corrected chi connectivity index (χ0v) is 14.0. The van der Waals surface area contributed by atoms with E-state index in [0.29, 0.717) is 11.5 Å². The van der Waals surface area contributed by atoms with Crippen LogP contribution in [0.5, 0.6) is 0 Å². The molecule has 0 aliphatic carbocycles. The molecule has 0 aromatic carbocycles. The Morgan fingerprint density at radius 1 is 1.08 bits per heavy atom. The molecule has 0 radical (unpaired) electrons. The highest BCUT2D eigenvalue weighted by atomic mass is 15.4. The van der Waals surface area contributed by atoms with Crippen molar-refractivity contribution >= 4 is 5.65 Å². The summed E-state index contributed by atoms with van der Waals surface area (Å²) >= 11 is 0. The Bertz CT molecular complexity index is 1020. The van der Waals surface area contributed by atoms with Crippen molar-refractivity contribution in [2.45, 2.75) is 27.2 Å². The van der Waals surface area contributed by atoms with Gasteiger partial charge in [0.1, 0.15) is 5.69 Å². The number of rotatable bonds is 3. The molecular formula is C15H17N9. The van der Waals surface area contributed by atoms with Gasteiger partial charge in [0, 0.05) is 13.5 Å². The molecule has 0 aliphatic heterocycles. The molecule has 4 rings (SSSR count). The minimum absolute atomic E-state index is 0.660. The maximum atomic E-state index is 4.67. The van der Waals surface area contributed by atoms with Crippen LogP contribution in [-0.4, -0.2) is 44.1 Å². The predicted molar refractivity (Wildman–Crippen MR) is 86.8 cm³/mol. The maximum absolute atomic E-state index is 4.67. The first-order valence-corrected chi connectivity index (χ1v) is 7.72. The first-order valence-electron chi connectivity index (χ1n) is 7.72. The fourth-order valence-electron chi connectivity index (χ4n) is 2.68. The van der Waals surface area contributed by atoms with Crippen LogP contribution in [0.2, 0.25) is 0 Å². The monoisotopic (exact) mass is 323 g/mol. The van der Waals surface area contributed by atoms with Gasteiger partial charge < -0.3 is 4.57 Å². The van der Waals surface area contributed by atoms with E-state index in [2.05, 4.69) is 30.4 Å². The fraction of sp³-hybridized carbons (Fsp3) is 0.333. The topological polar surface area (TPSA) is 91.6 Å². The van der Waals surface area contributed by atoms with Crippen molar-refractivity contribution in [1.82, 2.24) is 44.1 Å². The number of hydrogen-bond donors (Lipinski definition) is 0. The normalized spacial score (nSPS) is 11.5. The lowest BCUT2D eigenvalue weighted by Gasteiger charge is -2.07. The second-order valence-corrected chi connectivity index (χ2v) is 5.62. The summed E-state index contributed by atoms with van der Waals surface area (Å²) in [6, 6.07) is 3.74. The Kier molecular flexibility index (Phi) is 3.15. The van der Waals surface area contributed by atoms with Gasteiger partial charge in [-0.1, -0.05) is 6.92 Å². The lowest BCUT2D eigenvalue weighted by Crippen LogP contribution is -2.08. The van der Waals surface area contributed by atoms with Gasteiger partial charge in [0.25, 0.3) is 0 Å². The molecule has 0 amide bonds. The highest BCUT2D eigenvalue weighted by Gasteiger charge is 2.19. The summed E-state index contributed by atoms with van der Waals surface area (Å²) in [5.41, 5.74) is 2.52. The molecule has 122 valence electrons. The third kappa shape index (κ3) is 2.08. The molecule has 0 spiro atoms. The summed E-state index contributed by atoms with van der Waals surface area (Å²) in [5.74, 6) is 2.86. The second kappa shape index (κ2) is 5.22. The minimum atomic E-state index is 0.660. The molecule has 0 N–H and O–H groups in total. The van der Waals surface area contributed by atoms with Crippen molar-refractivity contribution in [1.29, 1.82) is 0 Å². The molecule has 0 saturated heterocycles. The van der Waals surface area contributed by atoms with Crippen LogP contribution in [0.1, 0.15) is 24.3 Å². The fourth-order valence-corrected chi connectivity index (χ4v) is 2.68. The first-order chi connectivity index (χ1) is 11.6. The van der Waals surface area contributed by atoms with Gasteiger partial charge in [-0.15, -0.1) is 20.4 Å². The van der Waals surface area contributed by atoms with E-state index in [1.54, 1.807) is 15.5 Å². The van der Waals surface area contributed by atoms with E-state index in [4.69, 9.17) is 0 Å². The zero-order chi connectivity index (χ0) is 16.8. The van der Waals surface area contributed by atoms with E-state index in [-0.39, 0.29) is 0 Å². The van der Waals surface area contributed by atoms with Gasteiger partial charge in [0.05, 0.1) is 12.0 Å². The predicted octanol–water partition coefficient (Wildman–Crippen LogP) is 1.28. The van der Waals surface area contributed by atoms with Gasteiger partial charge in [-0.3, -0.25) is 0 Å². The highest BCUT2D eigenvalue weighted by molar-refractivity contribution is 5.56. The third-order valence-electron chi connectivity index (χ3n) is 3.92. The highest BCUT2D eigenvalue weighted by Crippen LogP contribution is 2.23. The quantitative estimate of drug-likeness (QED) is 0.564. The van der Waals surface area contributed by atoms with E-state index in [0.717, 1.165) is 35.3 Å². The van der Waals surface area contributed by atoms with Gasteiger partial charge in [-0.2, -0.15) is 9.20 Å². The zero-order valence-electron chi connectivity index (χ0n) is 14.0. The van der Waals surface area contributed by atoms with Crippen LogP contribution in [0, 0.1) is 13.8 Å². The molecule has 0 unspecified atom stereocenters. The van der Waals surface area contributed by atoms with Crippen molar-refractivity contribution in [2.24, 2.45) is 7.05 Å². The van der Waals surface area contributed by atoms with Crippen LogP contribution in [0.4, 0.5) is 0 Å². The lowest BCUT2D eigenvalue weighted by atomic mass is 10.3. The van der Waals surface area contributed by atoms with Crippen LogP contribution in [-0.2, 0) is 13.5 Å². The van der Waals surface area contributed by atoms with Gasteiger partial charge in [0.15, 0.2) is 28.9 Å². The van der Waals surface area contributed by atoms with E-state index < -0.39 is 0 Å². The summed E-state index contributed by atoms with van der Waals surface area (Å²) in [4.78, 5) is 9.02. The molecule has 4 heterocycles. The number of imidazole rings is 1. The standard InChI is InChI=1S/C15H17N9/c1-5-11-17-15(14-9(2)16-8-22(14)4)24(20-11)13-7-6-12-19-18-10(3)23(12)21-13/h6-8H,5H2,1-4H3. The Morgan fingerprint density at radius 3 is 2.62 bits per heavy atom. The number of nitrogens with zero attached hydrogens (tertiary/aromatic N) is 9. The van der Waals surface area contributed by atoms with Crippen molar-refractivity contribution < 1.29 is 0 Å². The van der Waals surface area contributed by atoms with Gasteiger partial charge in [0.2, 0.25) is 0 Å². The van der Waals surface area contributed by atoms with Crippen LogP contribution < -0.4 is 0 Å². The molecule has 4 aromatic rings. The average molecular weight is 323 g/mol. The Hall–Kier alpha value is -3.10. The smallest absolute Gasteiger partial charge is 0.183 e. The molecule has 0 aliphatic rings. The number of aromatic nitrogens is 9. The number of fused-ring (bicyclic) bond motifs is 1. The largest absolute Gasteiger partial charge is 0.331 e. The van der Waals surface area contributed by atoms with Crippen molar-refractivity contribution in [3.63, 3.8) is 0 Å².